The van der Waals surface area contributed by atoms with Crippen molar-refractivity contribution < 1.29 is 0 Å². The van der Waals surface area contributed by atoms with Crippen LogP contribution in [0.25, 0.3) is 0 Å². The lowest BCUT2D eigenvalue weighted by atomic mass is 10.3. The Bertz CT molecular complexity index is 273. The van der Waals surface area contributed by atoms with Gasteiger partial charge < -0.3 is 5.32 Å². The van der Waals surface area contributed by atoms with Gasteiger partial charge in [-0.25, -0.2) is 4.98 Å². The van der Waals surface area contributed by atoms with Crippen LogP contribution < -0.4 is 5.32 Å². The van der Waals surface area contributed by atoms with E-state index in [0.29, 0.717) is 0 Å². The number of thiazole rings is 1. The number of nitrogens with zero attached hydrogens (tertiary/aromatic N) is 2. The van der Waals surface area contributed by atoms with Crippen molar-refractivity contribution in [2.24, 2.45) is 0 Å². The standard InChI is InChI=1S/C11H21N3S/c1-4-6-14(7-5-12-3)8-11-9-15-10(2)13-11/h9,12H,4-8H2,1-3H3. The Morgan fingerprint density at radius 2 is 2.27 bits per heavy atom. The average molecular weight is 227 g/mol. The smallest absolute Gasteiger partial charge is 0.0897 e. The normalized spacial score (nSPS) is 11.2. The molecule has 0 unspecified atom stereocenters. The predicted octanol–water partition coefficient (Wildman–Crippen LogP) is 1.88. The zero-order valence-corrected chi connectivity index (χ0v) is 10.7. The molecular formula is C11H21N3S. The van der Waals surface area contributed by atoms with Crippen molar-refractivity contribution in [1.82, 2.24) is 15.2 Å². The lowest BCUT2D eigenvalue weighted by molar-refractivity contribution is 0.265. The maximum absolute atomic E-state index is 4.50. The number of aryl methyl sites for hydroxylation is 1. The number of rotatable bonds is 7. The van der Waals surface area contributed by atoms with E-state index in [2.05, 4.69) is 34.4 Å². The Labute approximate surface area is 96.5 Å². The second kappa shape index (κ2) is 6.93. The van der Waals surface area contributed by atoms with E-state index >= 15 is 0 Å². The third-order valence-corrected chi connectivity index (χ3v) is 3.09. The monoisotopic (exact) mass is 227 g/mol. The second-order valence-electron chi connectivity index (χ2n) is 3.74. The molecule has 0 aromatic carbocycles. The maximum atomic E-state index is 4.50. The molecule has 0 saturated carbocycles. The van der Waals surface area contributed by atoms with Gasteiger partial charge in [-0.2, -0.15) is 0 Å². The van der Waals surface area contributed by atoms with Gasteiger partial charge in [0, 0.05) is 25.0 Å². The van der Waals surface area contributed by atoms with Crippen LogP contribution in [-0.4, -0.2) is 36.6 Å². The summed E-state index contributed by atoms with van der Waals surface area (Å²) in [6, 6.07) is 0. The van der Waals surface area contributed by atoms with E-state index in [0.717, 1.165) is 31.2 Å². The molecule has 1 aromatic heterocycles. The number of hydrogen-bond donors (Lipinski definition) is 1. The highest BCUT2D eigenvalue weighted by atomic mass is 32.1. The van der Waals surface area contributed by atoms with E-state index in [1.54, 1.807) is 11.3 Å². The summed E-state index contributed by atoms with van der Waals surface area (Å²) in [5, 5.41) is 6.51. The van der Waals surface area contributed by atoms with Crippen LogP contribution in [0.5, 0.6) is 0 Å². The fraction of sp³-hybridized carbons (Fsp3) is 0.727. The molecule has 4 heteroatoms. The molecule has 0 saturated heterocycles. The number of hydrogen-bond acceptors (Lipinski definition) is 4. The summed E-state index contributed by atoms with van der Waals surface area (Å²) in [7, 11) is 2.00. The van der Waals surface area contributed by atoms with Gasteiger partial charge in [0.25, 0.3) is 0 Å². The SMILES string of the molecule is CCCN(CCNC)Cc1csc(C)n1. The van der Waals surface area contributed by atoms with Crippen LogP contribution in [0.15, 0.2) is 5.38 Å². The molecule has 0 aliphatic rings. The molecule has 1 N–H and O–H groups in total. The predicted molar refractivity (Wildman–Crippen MR) is 66.3 cm³/mol. The van der Waals surface area contributed by atoms with E-state index in [9.17, 15) is 0 Å². The Balaban J connectivity index is 2.42. The van der Waals surface area contributed by atoms with Crippen molar-refractivity contribution in [2.75, 3.05) is 26.7 Å². The van der Waals surface area contributed by atoms with Crippen LogP contribution >= 0.6 is 11.3 Å². The zero-order chi connectivity index (χ0) is 11.1. The largest absolute Gasteiger partial charge is 0.318 e. The Hall–Kier alpha value is -0.450. The molecule has 0 radical (unpaired) electrons. The first-order valence-corrected chi connectivity index (χ1v) is 6.42. The first-order valence-electron chi connectivity index (χ1n) is 5.54. The summed E-state index contributed by atoms with van der Waals surface area (Å²) in [4.78, 5) is 6.95. The maximum Gasteiger partial charge on any atom is 0.0897 e. The molecule has 0 bridgehead atoms. The topological polar surface area (TPSA) is 28.2 Å². The average Bonchev–Trinajstić information content (AvgIpc) is 2.61. The van der Waals surface area contributed by atoms with Crippen molar-refractivity contribution >= 4 is 11.3 Å². The van der Waals surface area contributed by atoms with Crippen molar-refractivity contribution in [3.63, 3.8) is 0 Å². The summed E-state index contributed by atoms with van der Waals surface area (Å²) in [6.45, 7) is 8.56. The summed E-state index contributed by atoms with van der Waals surface area (Å²) >= 11 is 1.73. The van der Waals surface area contributed by atoms with Gasteiger partial charge in [-0.1, -0.05) is 6.92 Å². The molecule has 0 atom stereocenters. The minimum atomic E-state index is 0.986. The molecule has 1 heterocycles. The molecule has 0 amide bonds. The number of likely N-dealkylation sites (N-methyl/N-ethyl adjacent to an activating group) is 1. The van der Waals surface area contributed by atoms with E-state index in [-0.39, 0.29) is 0 Å². The zero-order valence-electron chi connectivity index (χ0n) is 9.92. The molecule has 1 rings (SSSR count). The van der Waals surface area contributed by atoms with Gasteiger partial charge in [0.1, 0.15) is 0 Å². The molecule has 3 nitrogen and oxygen atoms in total. The van der Waals surface area contributed by atoms with Crippen LogP contribution in [-0.2, 0) is 6.54 Å². The van der Waals surface area contributed by atoms with Crippen molar-refractivity contribution in [2.45, 2.75) is 26.8 Å². The first-order chi connectivity index (χ1) is 7.26. The van der Waals surface area contributed by atoms with Crippen LogP contribution in [0, 0.1) is 6.92 Å². The Morgan fingerprint density at radius 3 is 2.80 bits per heavy atom. The van der Waals surface area contributed by atoms with Gasteiger partial charge in [0.05, 0.1) is 10.7 Å². The van der Waals surface area contributed by atoms with Crippen molar-refractivity contribution in [1.29, 1.82) is 0 Å². The molecular weight excluding hydrogens is 206 g/mol. The van der Waals surface area contributed by atoms with Gasteiger partial charge in [-0.3, -0.25) is 4.90 Å². The highest BCUT2D eigenvalue weighted by Crippen LogP contribution is 2.10. The molecule has 86 valence electrons. The third kappa shape index (κ3) is 4.73. The van der Waals surface area contributed by atoms with Crippen LogP contribution in [0.3, 0.4) is 0 Å². The van der Waals surface area contributed by atoms with E-state index in [1.807, 2.05) is 7.05 Å². The highest BCUT2D eigenvalue weighted by Gasteiger charge is 2.06. The molecule has 15 heavy (non-hydrogen) atoms. The Kier molecular flexibility index (Phi) is 5.83. The van der Waals surface area contributed by atoms with Gasteiger partial charge in [-0.05, 0) is 26.9 Å². The fourth-order valence-corrected chi connectivity index (χ4v) is 2.17. The summed E-state index contributed by atoms with van der Waals surface area (Å²) in [5.74, 6) is 0. The molecule has 0 aliphatic heterocycles. The van der Waals surface area contributed by atoms with E-state index in [4.69, 9.17) is 0 Å². The van der Waals surface area contributed by atoms with Crippen LogP contribution in [0.4, 0.5) is 0 Å². The van der Waals surface area contributed by atoms with Crippen molar-refractivity contribution in [3.05, 3.63) is 16.1 Å². The lowest BCUT2D eigenvalue weighted by Crippen LogP contribution is -2.31. The fourth-order valence-electron chi connectivity index (χ4n) is 1.57. The molecule has 1 aromatic rings. The van der Waals surface area contributed by atoms with Crippen LogP contribution in [0.1, 0.15) is 24.0 Å². The highest BCUT2D eigenvalue weighted by molar-refractivity contribution is 7.09. The summed E-state index contributed by atoms with van der Waals surface area (Å²) in [6.07, 6.45) is 1.20. The molecule has 0 fully saturated rings. The van der Waals surface area contributed by atoms with Crippen LogP contribution in [0.2, 0.25) is 0 Å². The second-order valence-corrected chi connectivity index (χ2v) is 4.80. The third-order valence-electron chi connectivity index (χ3n) is 2.27. The number of nitrogens with one attached hydrogen (secondary N) is 1. The Morgan fingerprint density at radius 1 is 1.47 bits per heavy atom. The van der Waals surface area contributed by atoms with E-state index in [1.165, 1.54) is 12.1 Å². The van der Waals surface area contributed by atoms with Gasteiger partial charge in [-0.15, -0.1) is 11.3 Å². The van der Waals surface area contributed by atoms with Gasteiger partial charge >= 0.3 is 0 Å². The van der Waals surface area contributed by atoms with Gasteiger partial charge in [0.15, 0.2) is 0 Å². The lowest BCUT2D eigenvalue weighted by Gasteiger charge is -2.20. The molecule has 0 aliphatic carbocycles. The molecule has 0 spiro atoms. The van der Waals surface area contributed by atoms with Gasteiger partial charge in [0.2, 0.25) is 0 Å². The summed E-state index contributed by atoms with van der Waals surface area (Å²) in [5.41, 5.74) is 1.21. The first kappa shape index (κ1) is 12.6. The van der Waals surface area contributed by atoms with Crippen molar-refractivity contribution in [3.8, 4) is 0 Å². The minimum Gasteiger partial charge on any atom is -0.318 e. The van der Waals surface area contributed by atoms with E-state index < -0.39 is 0 Å². The summed E-state index contributed by atoms with van der Waals surface area (Å²) < 4.78 is 0. The quantitative estimate of drug-likeness (QED) is 0.771. The number of aromatic nitrogens is 1. The minimum absolute atomic E-state index is 0.986.